The highest BCUT2D eigenvalue weighted by Gasteiger charge is 2.04. The van der Waals surface area contributed by atoms with E-state index in [1.807, 2.05) is 6.92 Å². The molecule has 2 aromatic heterocycles. The third-order valence-corrected chi connectivity index (χ3v) is 2.38. The second-order valence-corrected chi connectivity index (χ2v) is 3.69. The molecule has 0 saturated heterocycles. The lowest BCUT2D eigenvalue weighted by Gasteiger charge is -1.98. The molecule has 0 aromatic carbocycles. The van der Waals surface area contributed by atoms with Crippen LogP contribution in [0.5, 0.6) is 0 Å². The first kappa shape index (κ1) is 9.49. The van der Waals surface area contributed by atoms with E-state index in [1.54, 1.807) is 29.2 Å². The van der Waals surface area contributed by atoms with E-state index in [0.717, 1.165) is 5.69 Å². The van der Waals surface area contributed by atoms with E-state index in [2.05, 4.69) is 10.1 Å². The first-order chi connectivity index (χ1) is 6.66. The van der Waals surface area contributed by atoms with Crippen LogP contribution in [0.4, 0.5) is 0 Å². The van der Waals surface area contributed by atoms with E-state index >= 15 is 0 Å². The number of hydrogen-bond acceptors (Lipinski definition) is 2. The number of nitrogens with zero attached hydrogens (tertiary/aromatic N) is 3. The molecule has 0 unspecified atom stereocenters. The van der Waals surface area contributed by atoms with Crippen molar-refractivity contribution in [2.45, 2.75) is 6.92 Å². The zero-order valence-electron chi connectivity index (χ0n) is 7.41. The fourth-order valence-corrected chi connectivity index (χ4v) is 1.30. The maximum atomic E-state index is 5.87. The largest absolute Gasteiger partial charge is 0.236 e. The molecule has 5 heteroatoms. The molecule has 0 aliphatic rings. The molecule has 0 amide bonds. The van der Waals surface area contributed by atoms with Gasteiger partial charge in [0.25, 0.3) is 0 Å². The van der Waals surface area contributed by atoms with Gasteiger partial charge in [0.15, 0.2) is 5.82 Å². The number of aromatic nitrogens is 3. The summed E-state index contributed by atoms with van der Waals surface area (Å²) in [4.78, 5) is 4.11. The van der Waals surface area contributed by atoms with Crippen molar-refractivity contribution in [1.82, 2.24) is 14.8 Å². The lowest BCUT2D eigenvalue weighted by molar-refractivity contribution is 0.832. The Balaban J connectivity index is 2.44. The standard InChI is InChI=1S/C9H7Cl2N3/c1-6-8(11)5-14(13-6)9-3-2-7(10)4-12-9/h2-5H,1H3. The van der Waals surface area contributed by atoms with Gasteiger partial charge in [-0.05, 0) is 19.1 Å². The molecule has 2 rings (SSSR count). The van der Waals surface area contributed by atoms with E-state index < -0.39 is 0 Å². The zero-order chi connectivity index (χ0) is 10.1. The Bertz CT molecular complexity index is 428. The normalized spacial score (nSPS) is 10.5. The highest BCUT2D eigenvalue weighted by Crippen LogP contribution is 2.15. The zero-order valence-corrected chi connectivity index (χ0v) is 8.92. The Morgan fingerprint density at radius 2 is 2.07 bits per heavy atom. The molecule has 0 atom stereocenters. The van der Waals surface area contributed by atoms with Crippen LogP contribution in [0, 0.1) is 6.92 Å². The molecule has 2 heterocycles. The van der Waals surface area contributed by atoms with Gasteiger partial charge < -0.3 is 0 Å². The van der Waals surface area contributed by atoms with Crippen LogP contribution in [0.25, 0.3) is 5.82 Å². The number of halogens is 2. The second kappa shape index (κ2) is 3.59. The molecular formula is C9H7Cl2N3. The minimum Gasteiger partial charge on any atom is -0.236 e. The lowest BCUT2D eigenvalue weighted by atomic mass is 10.4. The van der Waals surface area contributed by atoms with Crippen molar-refractivity contribution in [2.75, 3.05) is 0 Å². The van der Waals surface area contributed by atoms with Gasteiger partial charge >= 0.3 is 0 Å². The van der Waals surface area contributed by atoms with Crippen LogP contribution in [0.3, 0.4) is 0 Å². The summed E-state index contributed by atoms with van der Waals surface area (Å²) >= 11 is 11.6. The summed E-state index contributed by atoms with van der Waals surface area (Å²) in [6.07, 6.45) is 3.29. The molecule has 0 N–H and O–H groups in total. The van der Waals surface area contributed by atoms with Crippen LogP contribution in [0.15, 0.2) is 24.5 Å². The number of rotatable bonds is 1. The molecule has 0 bridgehead atoms. The Kier molecular flexibility index (Phi) is 2.44. The van der Waals surface area contributed by atoms with Crippen molar-refractivity contribution < 1.29 is 0 Å². The summed E-state index contributed by atoms with van der Waals surface area (Å²) in [6.45, 7) is 1.84. The summed E-state index contributed by atoms with van der Waals surface area (Å²) in [7, 11) is 0. The van der Waals surface area contributed by atoms with Gasteiger partial charge in [0.05, 0.1) is 21.9 Å². The van der Waals surface area contributed by atoms with E-state index in [4.69, 9.17) is 23.2 Å². The van der Waals surface area contributed by atoms with Gasteiger partial charge in [-0.1, -0.05) is 23.2 Å². The molecule has 2 aromatic rings. The van der Waals surface area contributed by atoms with Crippen LogP contribution < -0.4 is 0 Å². The summed E-state index contributed by atoms with van der Waals surface area (Å²) < 4.78 is 1.62. The van der Waals surface area contributed by atoms with E-state index in [1.165, 1.54) is 0 Å². The van der Waals surface area contributed by atoms with Crippen LogP contribution in [0.2, 0.25) is 10.0 Å². The van der Waals surface area contributed by atoms with Gasteiger partial charge in [-0.25, -0.2) is 9.67 Å². The van der Waals surface area contributed by atoms with E-state index in [0.29, 0.717) is 15.9 Å². The fourth-order valence-electron chi connectivity index (χ4n) is 1.06. The molecule has 14 heavy (non-hydrogen) atoms. The molecular weight excluding hydrogens is 221 g/mol. The Morgan fingerprint density at radius 3 is 2.57 bits per heavy atom. The van der Waals surface area contributed by atoms with Crippen molar-refractivity contribution in [1.29, 1.82) is 0 Å². The topological polar surface area (TPSA) is 30.7 Å². The predicted octanol–water partition coefficient (Wildman–Crippen LogP) is 2.88. The summed E-state index contributed by atoms with van der Waals surface area (Å²) in [6, 6.07) is 3.54. The second-order valence-electron chi connectivity index (χ2n) is 2.84. The van der Waals surface area contributed by atoms with Crippen LogP contribution in [-0.2, 0) is 0 Å². The first-order valence-electron chi connectivity index (χ1n) is 4.00. The third kappa shape index (κ3) is 1.74. The maximum Gasteiger partial charge on any atom is 0.153 e. The predicted molar refractivity (Wildman–Crippen MR) is 56.1 cm³/mol. The first-order valence-corrected chi connectivity index (χ1v) is 4.76. The molecule has 0 saturated carbocycles. The number of aryl methyl sites for hydroxylation is 1. The SMILES string of the molecule is Cc1nn(-c2ccc(Cl)cn2)cc1Cl. The molecule has 0 fully saturated rings. The van der Waals surface area contributed by atoms with Gasteiger partial charge in [0.1, 0.15) is 0 Å². The summed E-state index contributed by atoms with van der Waals surface area (Å²) in [5, 5.41) is 5.42. The van der Waals surface area contributed by atoms with E-state index in [9.17, 15) is 0 Å². The molecule has 72 valence electrons. The minimum absolute atomic E-state index is 0.601. The van der Waals surface area contributed by atoms with Gasteiger partial charge in [0.2, 0.25) is 0 Å². The van der Waals surface area contributed by atoms with Crippen LogP contribution in [0.1, 0.15) is 5.69 Å². The molecule has 0 spiro atoms. The number of hydrogen-bond donors (Lipinski definition) is 0. The lowest BCUT2D eigenvalue weighted by Crippen LogP contribution is -1.97. The smallest absolute Gasteiger partial charge is 0.153 e. The van der Waals surface area contributed by atoms with Crippen molar-refractivity contribution in [3.8, 4) is 5.82 Å². The molecule has 3 nitrogen and oxygen atoms in total. The van der Waals surface area contributed by atoms with Gasteiger partial charge in [0, 0.05) is 6.20 Å². The van der Waals surface area contributed by atoms with Gasteiger partial charge in [-0.15, -0.1) is 0 Å². The maximum absolute atomic E-state index is 5.87. The van der Waals surface area contributed by atoms with E-state index in [-0.39, 0.29) is 0 Å². The van der Waals surface area contributed by atoms with Crippen LogP contribution in [-0.4, -0.2) is 14.8 Å². The Morgan fingerprint density at radius 1 is 1.29 bits per heavy atom. The Hall–Kier alpha value is -1.06. The van der Waals surface area contributed by atoms with Crippen molar-refractivity contribution in [3.63, 3.8) is 0 Å². The van der Waals surface area contributed by atoms with Crippen molar-refractivity contribution in [3.05, 3.63) is 40.3 Å². The fraction of sp³-hybridized carbons (Fsp3) is 0.111. The quantitative estimate of drug-likeness (QED) is 0.751. The highest BCUT2D eigenvalue weighted by atomic mass is 35.5. The molecule has 0 radical (unpaired) electrons. The average molecular weight is 228 g/mol. The average Bonchev–Trinajstić information content (AvgIpc) is 2.48. The van der Waals surface area contributed by atoms with Gasteiger partial charge in [-0.3, -0.25) is 0 Å². The van der Waals surface area contributed by atoms with Gasteiger partial charge in [-0.2, -0.15) is 5.10 Å². The third-order valence-electron chi connectivity index (χ3n) is 1.79. The van der Waals surface area contributed by atoms with Crippen molar-refractivity contribution >= 4 is 23.2 Å². The monoisotopic (exact) mass is 227 g/mol. The summed E-state index contributed by atoms with van der Waals surface area (Å²) in [5.41, 5.74) is 0.781. The molecule has 0 aliphatic heterocycles. The molecule has 0 aliphatic carbocycles. The Labute approximate surface area is 91.3 Å². The number of pyridine rings is 1. The summed E-state index contributed by atoms with van der Waals surface area (Å²) in [5.74, 6) is 0.699. The minimum atomic E-state index is 0.601. The van der Waals surface area contributed by atoms with Crippen LogP contribution >= 0.6 is 23.2 Å². The van der Waals surface area contributed by atoms with Crippen molar-refractivity contribution in [2.24, 2.45) is 0 Å². The highest BCUT2D eigenvalue weighted by molar-refractivity contribution is 6.31.